The van der Waals surface area contributed by atoms with Crippen LogP contribution < -0.4 is 25.4 Å². The number of imidazole rings is 1. The van der Waals surface area contributed by atoms with Crippen LogP contribution >= 0.6 is 0 Å². The smallest absolute Gasteiger partial charge is 0.323 e. The molecule has 2 aliphatic rings. The van der Waals surface area contributed by atoms with Crippen LogP contribution in [0.1, 0.15) is 30.9 Å². The Labute approximate surface area is 173 Å². The standard InChI is InChI=1S/C22H24N4O4/c27-21(23-15-5-6-16-17(12-15)25-22(28)24-16)13-26-8-1-3-18(26)14-4-7-19-20(11-14)30-10-2-9-29-19/h4-7,11-12,18H,1-3,8-10,13H2,(H,23,27)(H2,24,25,28)/p+1/t18-/m1/s1. The maximum Gasteiger partial charge on any atom is 0.323 e. The Morgan fingerprint density at radius 3 is 2.77 bits per heavy atom. The summed E-state index contributed by atoms with van der Waals surface area (Å²) in [6.45, 7) is 2.68. The number of carbonyl (C=O) groups excluding carboxylic acids is 1. The third kappa shape index (κ3) is 3.78. The zero-order valence-electron chi connectivity index (χ0n) is 16.6. The Balaban J connectivity index is 1.28. The van der Waals surface area contributed by atoms with Gasteiger partial charge in [-0.15, -0.1) is 0 Å². The molecule has 2 aromatic carbocycles. The van der Waals surface area contributed by atoms with Crippen molar-refractivity contribution >= 4 is 22.6 Å². The molecule has 1 amide bonds. The van der Waals surface area contributed by atoms with Gasteiger partial charge >= 0.3 is 5.69 Å². The molecule has 0 saturated carbocycles. The lowest BCUT2D eigenvalue weighted by Gasteiger charge is -2.22. The molecule has 0 aliphatic carbocycles. The van der Waals surface area contributed by atoms with Crippen LogP contribution in [0.25, 0.3) is 11.0 Å². The van der Waals surface area contributed by atoms with E-state index in [9.17, 15) is 9.59 Å². The van der Waals surface area contributed by atoms with Crippen LogP contribution in [0.15, 0.2) is 41.2 Å². The molecule has 0 radical (unpaired) electrons. The number of ether oxygens (including phenoxy) is 2. The summed E-state index contributed by atoms with van der Waals surface area (Å²) in [5.41, 5.74) is 3.00. The van der Waals surface area contributed by atoms with E-state index in [1.165, 1.54) is 10.5 Å². The number of amides is 1. The first kappa shape index (κ1) is 18.7. The van der Waals surface area contributed by atoms with Crippen LogP contribution in [0.5, 0.6) is 11.5 Å². The lowest BCUT2D eigenvalue weighted by molar-refractivity contribution is -0.910. The Morgan fingerprint density at radius 2 is 1.87 bits per heavy atom. The molecule has 2 atom stereocenters. The van der Waals surface area contributed by atoms with Crippen LogP contribution in [-0.4, -0.2) is 42.2 Å². The van der Waals surface area contributed by atoms with E-state index in [4.69, 9.17) is 9.47 Å². The molecule has 8 heteroatoms. The van der Waals surface area contributed by atoms with Gasteiger partial charge in [0.2, 0.25) is 0 Å². The Hall–Kier alpha value is -3.26. The number of nitrogens with one attached hydrogen (secondary N) is 4. The van der Waals surface area contributed by atoms with Gasteiger partial charge in [-0.2, -0.15) is 0 Å². The Kier molecular flexibility index (Phi) is 4.92. The average Bonchev–Trinajstić information content (AvgIpc) is 3.25. The summed E-state index contributed by atoms with van der Waals surface area (Å²) in [5.74, 6) is 1.56. The molecule has 30 heavy (non-hydrogen) atoms. The average molecular weight is 409 g/mol. The highest BCUT2D eigenvalue weighted by molar-refractivity contribution is 5.93. The lowest BCUT2D eigenvalue weighted by atomic mass is 10.0. The summed E-state index contributed by atoms with van der Waals surface area (Å²) in [4.78, 5) is 30.8. The monoisotopic (exact) mass is 409 g/mol. The molecule has 0 spiro atoms. The third-order valence-corrected chi connectivity index (χ3v) is 5.84. The van der Waals surface area contributed by atoms with Crippen LogP contribution in [0.4, 0.5) is 5.69 Å². The number of aromatic nitrogens is 2. The number of fused-ring (bicyclic) bond motifs is 2. The van der Waals surface area contributed by atoms with Gasteiger partial charge in [-0.25, -0.2) is 4.79 Å². The van der Waals surface area contributed by atoms with Gasteiger partial charge in [0.25, 0.3) is 5.91 Å². The normalized spacial score (nSPS) is 20.8. The predicted octanol–water partition coefficient (Wildman–Crippen LogP) is 1.38. The molecule has 4 N–H and O–H groups in total. The van der Waals surface area contributed by atoms with Crippen molar-refractivity contribution in [1.29, 1.82) is 0 Å². The quantitative estimate of drug-likeness (QED) is 0.523. The van der Waals surface area contributed by atoms with Crippen LogP contribution in [0, 0.1) is 0 Å². The van der Waals surface area contributed by atoms with Crippen molar-refractivity contribution in [3.8, 4) is 11.5 Å². The van der Waals surface area contributed by atoms with Crippen molar-refractivity contribution in [3.05, 3.63) is 52.4 Å². The van der Waals surface area contributed by atoms with Crippen LogP contribution in [0.2, 0.25) is 0 Å². The number of quaternary nitrogens is 1. The summed E-state index contributed by atoms with van der Waals surface area (Å²) in [6, 6.07) is 11.8. The molecule has 156 valence electrons. The second-order valence-corrected chi connectivity index (χ2v) is 7.92. The third-order valence-electron chi connectivity index (χ3n) is 5.84. The molecule has 2 aliphatic heterocycles. The molecule has 5 rings (SSSR count). The number of H-pyrrole nitrogens is 2. The van der Waals surface area contributed by atoms with E-state index in [-0.39, 0.29) is 17.6 Å². The minimum Gasteiger partial charge on any atom is -0.490 e. The lowest BCUT2D eigenvalue weighted by Crippen LogP contribution is -3.11. The van der Waals surface area contributed by atoms with E-state index >= 15 is 0 Å². The Bertz CT molecular complexity index is 1140. The molecule has 1 unspecified atom stereocenters. The highest BCUT2D eigenvalue weighted by Gasteiger charge is 2.32. The fourth-order valence-corrected chi connectivity index (χ4v) is 4.44. The van der Waals surface area contributed by atoms with E-state index in [1.54, 1.807) is 18.2 Å². The number of rotatable bonds is 4. The maximum absolute atomic E-state index is 12.7. The number of hydrogen-bond acceptors (Lipinski definition) is 4. The van der Waals surface area contributed by atoms with E-state index in [0.29, 0.717) is 31.0 Å². The molecule has 8 nitrogen and oxygen atoms in total. The SMILES string of the molecule is O=C(C[NH+]1CCC[C@@H]1c1ccc2c(c1)OCCCO2)Nc1ccc2[nH]c(=O)[nH]c2c1. The van der Waals surface area contributed by atoms with Crippen molar-refractivity contribution < 1.29 is 19.2 Å². The highest BCUT2D eigenvalue weighted by atomic mass is 16.5. The number of carbonyl (C=O) groups is 1. The number of hydrogen-bond donors (Lipinski definition) is 4. The molecule has 1 saturated heterocycles. The maximum atomic E-state index is 12.7. The van der Waals surface area contributed by atoms with Gasteiger partial charge in [-0.3, -0.25) is 4.79 Å². The van der Waals surface area contributed by atoms with Gasteiger partial charge in [-0.1, -0.05) is 0 Å². The zero-order valence-corrected chi connectivity index (χ0v) is 16.6. The van der Waals surface area contributed by atoms with Crippen molar-refractivity contribution in [3.63, 3.8) is 0 Å². The van der Waals surface area contributed by atoms with Crippen molar-refractivity contribution in [2.45, 2.75) is 25.3 Å². The van der Waals surface area contributed by atoms with Crippen LogP contribution in [-0.2, 0) is 4.79 Å². The number of likely N-dealkylation sites (tertiary alicyclic amines) is 1. The molecule has 0 bridgehead atoms. The largest absolute Gasteiger partial charge is 0.490 e. The second kappa shape index (κ2) is 7.87. The zero-order chi connectivity index (χ0) is 20.5. The fourth-order valence-electron chi connectivity index (χ4n) is 4.44. The van der Waals surface area contributed by atoms with E-state index in [1.807, 2.05) is 6.07 Å². The van der Waals surface area contributed by atoms with Crippen molar-refractivity contribution in [2.24, 2.45) is 0 Å². The summed E-state index contributed by atoms with van der Waals surface area (Å²) in [5, 5.41) is 2.96. The minimum atomic E-state index is -0.257. The van der Waals surface area contributed by atoms with E-state index < -0.39 is 0 Å². The number of anilines is 1. The first-order valence-corrected chi connectivity index (χ1v) is 10.4. The van der Waals surface area contributed by atoms with Gasteiger partial charge in [-0.05, 0) is 36.4 Å². The van der Waals surface area contributed by atoms with Gasteiger partial charge in [0, 0.05) is 30.5 Å². The molecule has 3 heterocycles. The van der Waals surface area contributed by atoms with Gasteiger partial charge in [0.05, 0.1) is 30.8 Å². The molecule has 1 fully saturated rings. The van der Waals surface area contributed by atoms with Crippen molar-refractivity contribution in [1.82, 2.24) is 9.97 Å². The number of aromatic amines is 2. The fraction of sp³-hybridized carbons (Fsp3) is 0.364. The van der Waals surface area contributed by atoms with E-state index in [0.717, 1.165) is 42.8 Å². The summed E-state index contributed by atoms with van der Waals surface area (Å²) in [6.07, 6.45) is 3.00. The molecule has 3 aromatic rings. The molecule has 1 aromatic heterocycles. The molecular formula is C22H25N4O4+. The summed E-state index contributed by atoms with van der Waals surface area (Å²) in [7, 11) is 0. The summed E-state index contributed by atoms with van der Waals surface area (Å²) < 4.78 is 11.6. The van der Waals surface area contributed by atoms with Gasteiger partial charge in [0.1, 0.15) is 6.04 Å². The van der Waals surface area contributed by atoms with Gasteiger partial charge < -0.3 is 29.7 Å². The highest BCUT2D eigenvalue weighted by Crippen LogP contribution is 2.33. The van der Waals surface area contributed by atoms with E-state index in [2.05, 4.69) is 27.4 Å². The molecular weight excluding hydrogens is 384 g/mol. The van der Waals surface area contributed by atoms with Crippen LogP contribution in [0.3, 0.4) is 0 Å². The topological polar surface area (TPSA) is 101 Å². The predicted molar refractivity (Wildman–Crippen MR) is 112 cm³/mol. The first-order valence-electron chi connectivity index (χ1n) is 10.4. The number of benzene rings is 2. The first-order chi connectivity index (χ1) is 14.7. The Morgan fingerprint density at radius 1 is 1.03 bits per heavy atom. The summed E-state index contributed by atoms with van der Waals surface area (Å²) >= 11 is 0. The van der Waals surface area contributed by atoms with Crippen molar-refractivity contribution in [2.75, 3.05) is 31.6 Å². The minimum absolute atomic E-state index is 0.0384. The van der Waals surface area contributed by atoms with Gasteiger partial charge in [0.15, 0.2) is 18.0 Å². The second-order valence-electron chi connectivity index (χ2n) is 7.92.